The lowest BCUT2D eigenvalue weighted by Gasteiger charge is -2.14. The highest BCUT2D eigenvalue weighted by molar-refractivity contribution is 5.81. The molecule has 0 saturated carbocycles. The predicted molar refractivity (Wildman–Crippen MR) is 41.2 cm³/mol. The summed E-state index contributed by atoms with van der Waals surface area (Å²) < 4.78 is 4.23. The van der Waals surface area contributed by atoms with Crippen molar-refractivity contribution in [1.82, 2.24) is 4.90 Å². The second kappa shape index (κ2) is 3.64. The van der Waals surface area contributed by atoms with Crippen molar-refractivity contribution in [1.29, 1.82) is 0 Å². The van der Waals surface area contributed by atoms with Gasteiger partial charge >= 0.3 is 12.4 Å². The molecule has 0 aromatic carbocycles. The Kier molecular flexibility index (Phi) is 2.78. The fraction of sp³-hybridized carbons (Fsp3) is 0.714. The second-order valence-corrected chi connectivity index (χ2v) is 2.98. The summed E-state index contributed by atoms with van der Waals surface area (Å²) in [5, 5.41) is 0. The van der Waals surface area contributed by atoms with Gasteiger partial charge in [-0.1, -0.05) is 0 Å². The highest BCUT2D eigenvalue weighted by atomic mass is 16.6. The first kappa shape index (κ1) is 9.15. The van der Waals surface area contributed by atoms with Crippen LogP contribution in [0.5, 0.6) is 0 Å². The first-order valence-electron chi connectivity index (χ1n) is 3.75. The number of likely N-dealkylation sites (tertiary alicyclic amines) is 1. The molecule has 1 fully saturated rings. The van der Waals surface area contributed by atoms with Crippen molar-refractivity contribution in [3.05, 3.63) is 0 Å². The lowest BCUT2D eigenvalue weighted by atomic mass is 10.2. The largest absolute Gasteiger partial charge is 0.394 e. The third-order valence-corrected chi connectivity index (χ3v) is 2.02. The minimum atomic E-state index is -0.513. The molecule has 0 aliphatic carbocycles. The van der Waals surface area contributed by atoms with Crippen LogP contribution in [0.2, 0.25) is 0 Å². The minimum Gasteiger partial charge on any atom is -0.394 e. The summed E-state index contributed by atoms with van der Waals surface area (Å²) in [6.45, 7) is 0.818. The molecule has 1 saturated heterocycles. The molecule has 12 heavy (non-hydrogen) atoms. The van der Waals surface area contributed by atoms with Crippen molar-refractivity contribution < 1.29 is 14.3 Å². The average molecular weight is 172 g/mol. The molecule has 1 aliphatic rings. The maximum Gasteiger partial charge on any atom is 0.330 e. The standard InChI is InChI=1S/C7H12N2O3/c1-9-3-5(8)2-6(9)7(11)12-4-10/h4-6H,2-3,8H2,1H3/t5?,6-/m0/s1. The van der Waals surface area contributed by atoms with E-state index in [1.807, 2.05) is 0 Å². The fourth-order valence-electron chi connectivity index (χ4n) is 1.44. The third kappa shape index (κ3) is 1.80. The number of hydrogen-bond acceptors (Lipinski definition) is 5. The van der Waals surface area contributed by atoms with Crippen molar-refractivity contribution in [2.75, 3.05) is 13.6 Å². The lowest BCUT2D eigenvalue weighted by molar-refractivity contribution is -0.154. The molecule has 0 radical (unpaired) electrons. The minimum absolute atomic E-state index is 0.000739. The number of carbonyl (C=O) groups is 2. The maximum atomic E-state index is 11.1. The first-order valence-corrected chi connectivity index (χ1v) is 3.75. The Balaban J connectivity index is 2.51. The van der Waals surface area contributed by atoms with Crippen molar-refractivity contribution >= 4 is 12.4 Å². The number of nitrogens with two attached hydrogens (primary N) is 1. The molecular weight excluding hydrogens is 160 g/mol. The van der Waals surface area contributed by atoms with E-state index in [0.717, 1.165) is 0 Å². The molecule has 68 valence electrons. The number of ether oxygens (including phenoxy) is 1. The molecule has 1 aliphatic heterocycles. The van der Waals surface area contributed by atoms with Gasteiger partial charge in [-0.3, -0.25) is 9.69 Å². The number of esters is 1. The maximum absolute atomic E-state index is 11.1. The van der Waals surface area contributed by atoms with Crippen LogP contribution < -0.4 is 5.73 Å². The Morgan fingerprint density at radius 2 is 2.42 bits per heavy atom. The van der Waals surface area contributed by atoms with Crippen LogP contribution in [0.1, 0.15) is 6.42 Å². The Bertz CT molecular complexity index is 195. The lowest BCUT2D eigenvalue weighted by Crippen LogP contribution is -2.34. The third-order valence-electron chi connectivity index (χ3n) is 2.02. The monoisotopic (exact) mass is 172 g/mol. The van der Waals surface area contributed by atoms with Crippen LogP contribution in [0.3, 0.4) is 0 Å². The summed E-state index contributed by atoms with van der Waals surface area (Å²) >= 11 is 0. The van der Waals surface area contributed by atoms with E-state index in [9.17, 15) is 9.59 Å². The van der Waals surface area contributed by atoms with Gasteiger partial charge in [0.05, 0.1) is 0 Å². The Morgan fingerprint density at radius 1 is 1.75 bits per heavy atom. The van der Waals surface area contributed by atoms with Gasteiger partial charge in [0.2, 0.25) is 0 Å². The van der Waals surface area contributed by atoms with E-state index in [1.54, 1.807) is 11.9 Å². The van der Waals surface area contributed by atoms with Crippen molar-refractivity contribution in [3.63, 3.8) is 0 Å². The van der Waals surface area contributed by atoms with Gasteiger partial charge in [-0.15, -0.1) is 0 Å². The Morgan fingerprint density at radius 3 is 2.83 bits per heavy atom. The van der Waals surface area contributed by atoms with Crippen LogP contribution in [0.15, 0.2) is 0 Å². The predicted octanol–water partition coefficient (Wildman–Crippen LogP) is -1.28. The van der Waals surface area contributed by atoms with E-state index < -0.39 is 5.97 Å². The van der Waals surface area contributed by atoms with Crippen molar-refractivity contribution in [2.24, 2.45) is 5.73 Å². The summed E-state index contributed by atoms with van der Waals surface area (Å²) in [6, 6.07) is -0.357. The molecule has 1 rings (SSSR count). The second-order valence-electron chi connectivity index (χ2n) is 2.98. The van der Waals surface area contributed by atoms with Crippen LogP contribution in [0.25, 0.3) is 0 Å². The summed E-state index contributed by atoms with van der Waals surface area (Å²) in [5.41, 5.74) is 5.61. The molecule has 5 nitrogen and oxygen atoms in total. The smallest absolute Gasteiger partial charge is 0.330 e. The molecule has 0 aromatic rings. The first-order chi connectivity index (χ1) is 5.65. The molecular formula is C7H12N2O3. The van der Waals surface area contributed by atoms with Crippen LogP contribution in [0.4, 0.5) is 0 Å². The van der Waals surface area contributed by atoms with Gasteiger partial charge in [-0.25, -0.2) is 4.79 Å². The highest BCUT2D eigenvalue weighted by Crippen LogP contribution is 2.14. The molecule has 0 aromatic heterocycles. The molecule has 2 atom stereocenters. The van der Waals surface area contributed by atoms with Gasteiger partial charge in [-0.2, -0.15) is 0 Å². The highest BCUT2D eigenvalue weighted by Gasteiger charge is 2.33. The van der Waals surface area contributed by atoms with Gasteiger partial charge < -0.3 is 10.5 Å². The van der Waals surface area contributed by atoms with E-state index in [-0.39, 0.29) is 18.6 Å². The van der Waals surface area contributed by atoms with Gasteiger partial charge in [0, 0.05) is 12.6 Å². The SMILES string of the molecule is CN1CC(N)C[C@H]1C(=O)OC=O. The van der Waals surface area contributed by atoms with E-state index in [2.05, 4.69) is 4.74 Å². The fourth-order valence-corrected chi connectivity index (χ4v) is 1.44. The quantitative estimate of drug-likeness (QED) is 0.319. The van der Waals surface area contributed by atoms with Crippen LogP contribution >= 0.6 is 0 Å². The summed E-state index contributed by atoms with van der Waals surface area (Å²) in [5.74, 6) is -0.513. The summed E-state index contributed by atoms with van der Waals surface area (Å²) in [6.07, 6.45) is 0.559. The molecule has 1 unspecified atom stereocenters. The molecule has 2 N–H and O–H groups in total. The van der Waals surface area contributed by atoms with Gasteiger partial charge in [-0.05, 0) is 13.5 Å². The zero-order chi connectivity index (χ0) is 9.14. The van der Waals surface area contributed by atoms with Gasteiger partial charge in [0.1, 0.15) is 6.04 Å². The number of hydrogen-bond donors (Lipinski definition) is 1. The van der Waals surface area contributed by atoms with Crippen molar-refractivity contribution in [2.45, 2.75) is 18.5 Å². The van der Waals surface area contributed by atoms with E-state index in [1.165, 1.54) is 0 Å². The number of carbonyl (C=O) groups excluding carboxylic acids is 2. The molecule has 5 heteroatoms. The summed E-state index contributed by atoms with van der Waals surface area (Å²) in [4.78, 5) is 22.7. The van der Waals surface area contributed by atoms with Gasteiger partial charge in [0.15, 0.2) is 0 Å². The van der Waals surface area contributed by atoms with Gasteiger partial charge in [0.25, 0.3) is 0 Å². The topological polar surface area (TPSA) is 72.6 Å². The van der Waals surface area contributed by atoms with Crippen molar-refractivity contribution in [3.8, 4) is 0 Å². The van der Waals surface area contributed by atoms with E-state index in [4.69, 9.17) is 5.73 Å². The Labute approximate surface area is 70.5 Å². The number of rotatable bonds is 2. The van der Waals surface area contributed by atoms with Crippen LogP contribution in [-0.4, -0.2) is 43.0 Å². The van der Waals surface area contributed by atoms with E-state index in [0.29, 0.717) is 13.0 Å². The molecule has 0 spiro atoms. The molecule has 0 bridgehead atoms. The van der Waals surface area contributed by atoms with Crippen LogP contribution in [0, 0.1) is 0 Å². The van der Waals surface area contributed by atoms with Crippen LogP contribution in [-0.2, 0) is 14.3 Å². The zero-order valence-electron chi connectivity index (χ0n) is 6.90. The number of nitrogens with zero attached hydrogens (tertiary/aromatic N) is 1. The Hall–Kier alpha value is -0.940. The molecule has 1 heterocycles. The number of likely N-dealkylation sites (N-methyl/N-ethyl adjacent to an activating group) is 1. The molecule has 0 amide bonds. The van der Waals surface area contributed by atoms with E-state index >= 15 is 0 Å². The average Bonchev–Trinajstić information content (AvgIpc) is 2.30. The summed E-state index contributed by atoms with van der Waals surface area (Å²) in [7, 11) is 1.78. The normalized spacial score (nSPS) is 30.2. The zero-order valence-corrected chi connectivity index (χ0v) is 6.90.